The zero-order chi connectivity index (χ0) is 43.2. The van der Waals surface area contributed by atoms with E-state index in [9.17, 15) is 5.11 Å². The van der Waals surface area contributed by atoms with Gasteiger partial charge in [0.15, 0.2) is 0 Å². The van der Waals surface area contributed by atoms with Crippen molar-refractivity contribution in [3.05, 3.63) is 167 Å². The fourth-order valence-corrected chi connectivity index (χ4v) is 8.38. The first-order chi connectivity index (χ1) is 29.2. The number of imidazole rings is 1. The summed E-state index contributed by atoms with van der Waals surface area (Å²) in [6, 6.07) is 49.5. The Kier molecular flexibility index (Phi) is 12.9. The molecule has 0 aliphatic heterocycles. The number of phenolic OH excluding ortho intramolecular Hbond substituents is 1. The molecule has 318 valence electrons. The van der Waals surface area contributed by atoms with E-state index < -0.39 is 0 Å². The molecule has 6 aromatic carbocycles. The molecule has 4 nitrogen and oxygen atoms in total. The minimum absolute atomic E-state index is 0. The Hall–Kier alpha value is -5.57. The largest absolute Gasteiger partial charge is 0.507 e. The molecule has 8 rings (SSSR count). The van der Waals surface area contributed by atoms with Gasteiger partial charge in [0, 0.05) is 38.5 Å². The summed E-state index contributed by atoms with van der Waals surface area (Å²) in [4.78, 5) is 10.5. The topological polar surface area (TPSA) is 50.9 Å². The van der Waals surface area contributed by atoms with Crippen LogP contribution in [0.1, 0.15) is 102 Å². The van der Waals surface area contributed by atoms with Crippen molar-refractivity contribution >= 4 is 11.0 Å². The van der Waals surface area contributed by atoms with Gasteiger partial charge in [-0.15, -0.1) is 29.3 Å². The number of aromatic nitrogens is 3. The van der Waals surface area contributed by atoms with Crippen molar-refractivity contribution in [3.8, 4) is 67.5 Å². The number of aryl methyl sites for hydroxylation is 1. The van der Waals surface area contributed by atoms with E-state index in [0.717, 1.165) is 78.9 Å². The van der Waals surface area contributed by atoms with Crippen LogP contribution >= 0.6 is 0 Å². The fraction of sp³-hybridized carbons (Fsp3) is 0.263. The molecule has 8 aromatic rings. The third kappa shape index (κ3) is 8.99. The van der Waals surface area contributed by atoms with Gasteiger partial charge in [-0.3, -0.25) is 9.55 Å². The Labute approximate surface area is 383 Å². The van der Waals surface area contributed by atoms with Crippen LogP contribution < -0.4 is 0 Å². The van der Waals surface area contributed by atoms with Crippen LogP contribution in [-0.4, -0.2) is 19.6 Å². The number of hydrogen-bond donors (Lipinski definition) is 1. The summed E-state index contributed by atoms with van der Waals surface area (Å²) in [7, 11) is 0. The Bertz CT molecular complexity index is 2860. The van der Waals surface area contributed by atoms with Crippen molar-refractivity contribution in [2.24, 2.45) is 5.92 Å². The van der Waals surface area contributed by atoms with E-state index in [1.165, 1.54) is 22.3 Å². The molecule has 62 heavy (non-hydrogen) atoms. The van der Waals surface area contributed by atoms with Gasteiger partial charge in [0.2, 0.25) is 0 Å². The predicted octanol–water partition coefficient (Wildman–Crippen LogP) is 15.3. The van der Waals surface area contributed by atoms with E-state index in [1.807, 2.05) is 6.20 Å². The van der Waals surface area contributed by atoms with Gasteiger partial charge in [0.25, 0.3) is 0 Å². The number of pyridine rings is 1. The van der Waals surface area contributed by atoms with E-state index in [1.54, 1.807) is 0 Å². The molecule has 0 fully saturated rings. The Morgan fingerprint density at radius 2 is 1.39 bits per heavy atom. The first kappa shape index (κ1) is 44.5. The summed E-state index contributed by atoms with van der Waals surface area (Å²) in [6.45, 7) is 22.1. The van der Waals surface area contributed by atoms with Crippen LogP contribution in [0.5, 0.6) is 5.75 Å². The normalized spacial score (nSPS) is 11.8. The average molecular weight is 996 g/mol. The van der Waals surface area contributed by atoms with Crippen LogP contribution in [0.25, 0.3) is 72.7 Å². The number of para-hydroxylation sites is 1. The molecule has 0 atom stereocenters. The van der Waals surface area contributed by atoms with Crippen molar-refractivity contribution in [1.29, 1.82) is 0 Å². The van der Waals surface area contributed by atoms with E-state index in [0.29, 0.717) is 11.7 Å². The Morgan fingerprint density at radius 3 is 2.06 bits per heavy atom. The Balaban J connectivity index is 0.00000578. The number of fused-ring (bicyclic) bond motifs is 1. The van der Waals surface area contributed by atoms with Gasteiger partial charge >= 0.3 is 0 Å². The average Bonchev–Trinajstić information content (AvgIpc) is 3.63. The van der Waals surface area contributed by atoms with Crippen LogP contribution in [0.4, 0.5) is 0 Å². The third-order valence-corrected chi connectivity index (χ3v) is 11.9. The van der Waals surface area contributed by atoms with Gasteiger partial charge in [-0.1, -0.05) is 164 Å². The summed E-state index contributed by atoms with van der Waals surface area (Å²) in [5.41, 5.74) is 17.4. The molecule has 0 unspecified atom stereocenters. The predicted molar refractivity (Wildman–Crippen MR) is 257 cm³/mol. The second-order valence-corrected chi connectivity index (χ2v) is 18.8. The standard InChI is InChI=1S/C57H58N3O.Pt/c1-35(2)27-39-21-24-52(49(28-39)41-15-12-11-13-16-41)60-53-18-14-17-47(54(53)59-56(60)50-33-43(36(3)4)32-48(37(5)6)55(50)61)44-29-45(31-46(30-44)57(8,9)10)51-34-42(25-26-58-51)40-22-19-38(7)20-23-40;/h11-26,28,30-37,61H,27H2,1-10H3;/q-1;. The number of aromatic hydroxyl groups is 1. The minimum Gasteiger partial charge on any atom is -0.507 e. The van der Waals surface area contributed by atoms with Gasteiger partial charge in [-0.25, -0.2) is 4.98 Å². The molecular weight excluding hydrogens is 938 g/mol. The Morgan fingerprint density at radius 1 is 0.661 bits per heavy atom. The molecule has 0 bridgehead atoms. The van der Waals surface area contributed by atoms with E-state index in [-0.39, 0.29) is 44.1 Å². The number of phenols is 1. The summed E-state index contributed by atoms with van der Waals surface area (Å²) in [6.07, 6.45) is 2.87. The molecule has 2 aromatic heterocycles. The third-order valence-electron chi connectivity index (χ3n) is 11.9. The maximum atomic E-state index is 12.3. The van der Waals surface area contributed by atoms with E-state index in [2.05, 4.69) is 207 Å². The second-order valence-electron chi connectivity index (χ2n) is 18.8. The number of nitrogens with zero attached hydrogens (tertiary/aromatic N) is 3. The molecule has 1 N–H and O–H groups in total. The van der Waals surface area contributed by atoms with Crippen LogP contribution in [0.2, 0.25) is 0 Å². The first-order valence-corrected chi connectivity index (χ1v) is 21.8. The maximum Gasteiger partial charge on any atom is 0.148 e. The van der Waals surface area contributed by atoms with Gasteiger partial charge in [0.1, 0.15) is 11.6 Å². The van der Waals surface area contributed by atoms with Crippen LogP contribution in [-0.2, 0) is 32.9 Å². The summed E-state index contributed by atoms with van der Waals surface area (Å²) < 4.78 is 2.28. The maximum absolute atomic E-state index is 12.3. The van der Waals surface area contributed by atoms with Crippen molar-refractivity contribution in [2.75, 3.05) is 0 Å². The quantitative estimate of drug-likeness (QED) is 0.139. The number of hydrogen-bond acceptors (Lipinski definition) is 3. The molecule has 0 amide bonds. The zero-order valence-electron chi connectivity index (χ0n) is 37.7. The molecule has 0 saturated carbocycles. The first-order valence-electron chi connectivity index (χ1n) is 21.8. The van der Waals surface area contributed by atoms with Crippen molar-refractivity contribution < 1.29 is 26.2 Å². The molecule has 0 radical (unpaired) electrons. The molecule has 0 aliphatic rings. The zero-order valence-corrected chi connectivity index (χ0v) is 40.0. The van der Waals surface area contributed by atoms with Crippen molar-refractivity contribution in [3.63, 3.8) is 0 Å². The van der Waals surface area contributed by atoms with Crippen LogP contribution in [0.15, 0.2) is 134 Å². The SMILES string of the molecule is Cc1ccc(-c2ccnc(-c3[c-]c(-c4cccc5c4nc(-c4cc(C(C)C)cc(C(C)C)c4O)n5-c4ccc(CC(C)C)cc4-c4ccccc4)cc(C(C)(C)C)c3)c2)cc1.[Pt]. The molecule has 0 aliphatic carbocycles. The van der Waals surface area contributed by atoms with E-state index in [4.69, 9.17) is 9.97 Å². The fourth-order valence-electron chi connectivity index (χ4n) is 8.38. The van der Waals surface area contributed by atoms with Crippen molar-refractivity contribution in [1.82, 2.24) is 14.5 Å². The van der Waals surface area contributed by atoms with Gasteiger partial charge in [0.05, 0.1) is 22.3 Å². The molecule has 2 heterocycles. The van der Waals surface area contributed by atoms with Gasteiger partial charge in [-0.05, 0) is 100 Å². The molecule has 0 spiro atoms. The monoisotopic (exact) mass is 995 g/mol. The van der Waals surface area contributed by atoms with Crippen molar-refractivity contribution in [2.45, 2.75) is 92.9 Å². The minimum atomic E-state index is -0.149. The summed E-state index contributed by atoms with van der Waals surface area (Å²) >= 11 is 0. The molecule has 5 heteroatoms. The van der Waals surface area contributed by atoms with Crippen LogP contribution in [0, 0.1) is 18.9 Å². The smallest absolute Gasteiger partial charge is 0.148 e. The molecular formula is C57H58N3OPt-. The molecule has 0 saturated heterocycles. The van der Waals surface area contributed by atoms with Crippen LogP contribution in [0.3, 0.4) is 0 Å². The van der Waals surface area contributed by atoms with E-state index >= 15 is 0 Å². The number of benzene rings is 6. The summed E-state index contributed by atoms with van der Waals surface area (Å²) in [5.74, 6) is 1.87. The van der Waals surface area contributed by atoms with Gasteiger partial charge in [-0.2, -0.15) is 0 Å². The number of rotatable bonds is 10. The van der Waals surface area contributed by atoms with Gasteiger partial charge < -0.3 is 5.11 Å². The summed E-state index contributed by atoms with van der Waals surface area (Å²) in [5, 5.41) is 12.3. The second kappa shape index (κ2) is 18.0.